The predicted octanol–water partition coefficient (Wildman–Crippen LogP) is 3.86. The minimum atomic E-state index is -0.239. The summed E-state index contributed by atoms with van der Waals surface area (Å²) in [5, 5.41) is 2.68. The van der Waals surface area contributed by atoms with Gasteiger partial charge in [-0.25, -0.2) is 0 Å². The molecule has 0 fully saturated rings. The number of amides is 2. The lowest BCUT2D eigenvalue weighted by Crippen LogP contribution is -2.36. The Morgan fingerprint density at radius 2 is 1.74 bits per heavy atom. The van der Waals surface area contributed by atoms with E-state index in [1.54, 1.807) is 18.1 Å². The van der Waals surface area contributed by atoms with Gasteiger partial charge in [-0.05, 0) is 42.3 Å². The highest BCUT2D eigenvalue weighted by Crippen LogP contribution is 2.31. The molecular formula is C25H24N2O4. The smallest absolute Gasteiger partial charge is 0.253 e. The van der Waals surface area contributed by atoms with E-state index in [0.717, 1.165) is 16.7 Å². The summed E-state index contributed by atoms with van der Waals surface area (Å²) in [7, 11) is 1.59. The highest BCUT2D eigenvalue weighted by Gasteiger charge is 2.26. The normalized spacial score (nSPS) is 13.3. The van der Waals surface area contributed by atoms with Crippen LogP contribution >= 0.6 is 0 Å². The van der Waals surface area contributed by atoms with Crippen LogP contribution < -0.4 is 19.7 Å². The molecule has 0 aromatic heterocycles. The summed E-state index contributed by atoms with van der Waals surface area (Å²) in [5.41, 5.74) is 4.00. The number of carbonyl (C=O) groups excluding carboxylic acids is 2. The Hall–Kier alpha value is -3.80. The number of carbonyl (C=O) groups is 2. The molecule has 0 spiro atoms. The topological polar surface area (TPSA) is 67.9 Å². The van der Waals surface area contributed by atoms with E-state index in [1.807, 2.05) is 67.6 Å². The lowest BCUT2D eigenvalue weighted by atomic mass is 10.1. The molecule has 2 amide bonds. The molecule has 0 aliphatic carbocycles. The van der Waals surface area contributed by atoms with Crippen LogP contribution in [0, 0.1) is 6.92 Å². The molecule has 3 aromatic rings. The van der Waals surface area contributed by atoms with Gasteiger partial charge in [0.15, 0.2) is 11.5 Å². The van der Waals surface area contributed by atoms with Gasteiger partial charge >= 0.3 is 0 Å². The molecule has 0 bridgehead atoms. The van der Waals surface area contributed by atoms with Crippen LogP contribution in [0.5, 0.6) is 11.5 Å². The fraction of sp³-hybridized carbons (Fsp3) is 0.200. The number of fused-ring (bicyclic) bond motifs is 1. The zero-order valence-electron chi connectivity index (χ0n) is 17.6. The molecule has 0 radical (unpaired) electrons. The van der Waals surface area contributed by atoms with Gasteiger partial charge < -0.3 is 19.7 Å². The highest BCUT2D eigenvalue weighted by atomic mass is 16.5. The van der Waals surface area contributed by atoms with Crippen molar-refractivity contribution in [2.24, 2.45) is 0 Å². The molecule has 1 N–H and O–H groups in total. The zero-order valence-corrected chi connectivity index (χ0v) is 17.6. The van der Waals surface area contributed by atoms with Crippen molar-refractivity contribution in [1.82, 2.24) is 5.32 Å². The molecule has 158 valence electrons. The third kappa shape index (κ3) is 4.53. The first-order chi connectivity index (χ1) is 15.0. The number of rotatable bonds is 6. The number of aryl methyl sites for hydroxylation is 1. The number of nitrogens with zero attached hydrogens (tertiary/aromatic N) is 1. The summed E-state index contributed by atoms with van der Waals surface area (Å²) in [6.07, 6.45) is 0. The van der Waals surface area contributed by atoms with Gasteiger partial charge in [-0.3, -0.25) is 9.59 Å². The molecule has 1 heterocycles. The molecule has 31 heavy (non-hydrogen) atoms. The average Bonchev–Trinajstić information content (AvgIpc) is 2.90. The fourth-order valence-corrected chi connectivity index (χ4v) is 3.57. The molecule has 0 saturated carbocycles. The Labute approximate surface area is 181 Å². The number of hydrogen-bond acceptors (Lipinski definition) is 4. The number of benzene rings is 3. The van der Waals surface area contributed by atoms with E-state index in [2.05, 4.69) is 5.32 Å². The summed E-state index contributed by atoms with van der Waals surface area (Å²) in [6.45, 7) is 2.63. The van der Waals surface area contributed by atoms with E-state index in [1.165, 1.54) is 0 Å². The van der Waals surface area contributed by atoms with Crippen LogP contribution in [-0.2, 0) is 17.9 Å². The van der Waals surface area contributed by atoms with Gasteiger partial charge in [0.25, 0.3) is 5.91 Å². The minimum absolute atomic E-state index is 0.0397. The second-order valence-corrected chi connectivity index (χ2v) is 7.44. The van der Waals surface area contributed by atoms with Gasteiger partial charge in [-0.2, -0.15) is 0 Å². The van der Waals surface area contributed by atoms with Gasteiger partial charge in [-0.1, -0.05) is 48.0 Å². The van der Waals surface area contributed by atoms with Crippen molar-refractivity contribution in [3.63, 3.8) is 0 Å². The molecular weight excluding hydrogens is 392 g/mol. The Morgan fingerprint density at radius 3 is 2.52 bits per heavy atom. The number of ether oxygens (including phenoxy) is 2. The Balaban J connectivity index is 1.58. The zero-order chi connectivity index (χ0) is 21.8. The second-order valence-electron chi connectivity index (χ2n) is 7.44. The molecule has 6 nitrogen and oxygen atoms in total. The number of methoxy groups -OCH3 is 1. The maximum Gasteiger partial charge on any atom is 0.253 e. The van der Waals surface area contributed by atoms with Gasteiger partial charge in [0.1, 0.15) is 6.61 Å². The van der Waals surface area contributed by atoms with E-state index in [0.29, 0.717) is 35.9 Å². The molecule has 4 rings (SSSR count). The van der Waals surface area contributed by atoms with Crippen LogP contribution in [-0.4, -0.2) is 25.5 Å². The molecule has 3 aromatic carbocycles. The van der Waals surface area contributed by atoms with E-state index < -0.39 is 0 Å². The van der Waals surface area contributed by atoms with Crippen molar-refractivity contribution in [2.45, 2.75) is 20.1 Å². The molecule has 0 unspecified atom stereocenters. The average molecular weight is 416 g/mol. The first-order valence-corrected chi connectivity index (χ1v) is 10.1. The van der Waals surface area contributed by atoms with Gasteiger partial charge in [0.05, 0.1) is 31.5 Å². The monoisotopic (exact) mass is 416 g/mol. The number of anilines is 1. The van der Waals surface area contributed by atoms with E-state index >= 15 is 0 Å². The maximum atomic E-state index is 12.7. The first kappa shape index (κ1) is 20.5. The lowest BCUT2D eigenvalue weighted by Gasteiger charge is -2.23. The first-order valence-electron chi connectivity index (χ1n) is 10.1. The molecule has 0 saturated heterocycles. The SMILES string of the molecule is COc1cc(CN2C(=O)CNC(=O)c3cc(C)ccc32)ccc1OCc1ccccc1. The van der Waals surface area contributed by atoms with Crippen molar-refractivity contribution in [3.05, 3.63) is 89.0 Å². The summed E-state index contributed by atoms with van der Waals surface area (Å²) in [5.74, 6) is 0.815. The summed E-state index contributed by atoms with van der Waals surface area (Å²) in [4.78, 5) is 26.8. The van der Waals surface area contributed by atoms with Gasteiger partial charge in [0, 0.05) is 0 Å². The molecule has 0 atom stereocenters. The number of hydrogen-bond donors (Lipinski definition) is 1. The molecule has 6 heteroatoms. The number of nitrogens with one attached hydrogen (secondary N) is 1. The maximum absolute atomic E-state index is 12.7. The van der Waals surface area contributed by atoms with E-state index in [-0.39, 0.29) is 18.4 Å². The van der Waals surface area contributed by atoms with Crippen molar-refractivity contribution < 1.29 is 19.1 Å². The van der Waals surface area contributed by atoms with Crippen molar-refractivity contribution in [2.75, 3.05) is 18.6 Å². The largest absolute Gasteiger partial charge is 0.493 e. The van der Waals surface area contributed by atoms with Crippen molar-refractivity contribution in [3.8, 4) is 11.5 Å². The van der Waals surface area contributed by atoms with Crippen LogP contribution in [0.1, 0.15) is 27.0 Å². The molecule has 1 aliphatic rings. The van der Waals surface area contributed by atoms with Gasteiger partial charge in [0.2, 0.25) is 5.91 Å². The predicted molar refractivity (Wildman–Crippen MR) is 118 cm³/mol. The minimum Gasteiger partial charge on any atom is -0.493 e. The van der Waals surface area contributed by atoms with Gasteiger partial charge in [-0.15, -0.1) is 0 Å². The Kier molecular flexibility index (Phi) is 5.89. The van der Waals surface area contributed by atoms with E-state index in [4.69, 9.17) is 9.47 Å². The molecule has 1 aliphatic heterocycles. The summed E-state index contributed by atoms with van der Waals surface area (Å²) in [6, 6.07) is 21.0. The van der Waals surface area contributed by atoms with E-state index in [9.17, 15) is 9.59 Å². The summed E-state index contributed by atoms with van der Waals surface area (Å²) < 4.78 is 11.4. The Morgan fingerprint density at radius 1 is 0.935 bits per heavy atom. The third-order valence-electron chi connectivity index (χ3n) is 5.19. The Bertz CT molecular complexity index is 1110. The lowest BCUT2D eigenvalue weighted by molar-refractivity contribution is -0.117. The van der Waals surface area contributed by atoms with Crippen LogP contribution in [0.3, 0.4) is 0 Å². The third-order valence-corrected chi connectivity index (χ3v) is 5.19. The highest BCUT2D eigenvalue weighted by molar-refractivity contribution is 6.09. The quantitative estimate of drug-likeness (QED) is 0.663. The fourth-order valence-electron chi connectivity index (χ4n) is 3.57. The van der Waals surface area contributed by atoms with Crippen LogP contribution in [0.25, 0.3) is 0 Å². The van der Waals surface area contributed by atoms with Crippen molar-refractivity contribution in [1.29, 1.82) is 0 Å². The summed E-state index contributed by atoms with van der Waals surface area (Å²) >= 11 is 0. The standard InChI is InChI=1S/C25H24N2O4/c1-17-8-10-21-20(12-17)25(29)26-14-24(28)27(21)15-19-9-11-22(23(13-19)30-2)31-16-18-6-4-3-5-7-18/h3-13H,14-16H2,1-2H3,(H,26,29). The van der Waals surface area contributed by atoms with Crippen LogP contribution in [0.2, 0.25) is 0 Å². The van der Waals surface area contributed by atoms with Crippen LogP contribution in [0.15, 0.2) is 66.7 Å². The van der Waals surface area contributed by atoms with Crippen molar-refractivity contribution >= 4 is 17.5 Å². The second kappa shape index (κ2) is 8.92. The van der Waals surface area contributed by atoms with Crippen LogP contribution in [0.4, 0.5) is 5.69 Å².